The number of hydrogen-bond acceptors (Lipinski definition) is 3. The number of hydrogen-bond donors (Lipinski definition) is 2. The SMILES string of the molecule is CC(NCc1ccccc1CC(=O)O)c1ccccn1. The van der Waals surface area contributed by atoms with E-state index in [1.807, 2.05) is 49.4 Å². The number of carbonyl (C=O) groups is 1. The highest BCUT2D eigenvalue weighted by molar-refractivity contribution is 5.70. The Hall–Kier alpha value is -2.20. The van der Waals surface area contributed by atoms with Gasteiger partial charge in [0.05, 0.1) is 12.1 Å². The average molecular weight is 270 g/mol. The van der Waals surface area contributed by atoms with Crippen LogP contribution in [0.25, 0.3) is 0 Å². The van der Waals surface area contributed by atoms with Crippen LogP contribution in [0.5, 0.6) is 0 Å². The van der Waals surface area contributed by atoms with E-state index in [1.165, 1.54) is 0 Å². The van der Waals surface area contributed by atoms with Crippen molar-refractivity contribution in [1.29, 1.82) is 0 Å². The van der Waals surface area contributed by atoms with Gasteiger partial charge in [0.15, 0.2) is 0 Å². The number of nitrogens with one attached hydrogen (secondary N) is 1. The van der Waals surface area contributed by atoms with Crippen molar-refractivity contribution in [3.8, 4) is 0 Å². The minimum atomic E-state index is -0.810. The van der Waals surface area contributed by atoms with Gasteiger partial charge < -0.3 is 10.4 Å². The highest BCUT2D eigenvalue weighted by atomic mass is 16.4. The number of benzene rings is 1. The van der Waals surface area contributed by atoms with Gasteiger partial charge in [0, 0.05) is 18.8 Å². The van der Waals surface area contributed by atoms with Crippen molar-refractivity contribution >= 4 is 5.97 Å². The van der Waals surface area contributed by atoms with E-state index >= 15 is 0 Å². The molecule has 1 aromatic carbocycles. The van der Waals surface area contributed by atoms with Crippen LogP contribution < -0.4 is 5.32 Å². The van der Waals surface area contributed by atoms with Gasteiger partial charge in [-0.15, -0.1) is 0 Å². The van der Waals surface area contributed by atoms with E-state index < -0.39 is 5.97 Å². The molecular formula is C16H18N2O2. The largest absolute Gasteiger partial charge is 0.481 e. The van der Waals surface area contributed by atoms with Crippen molar-refractivity contribution in [2.45, 2.75) is 25.9 Å². The van der Waals surface area contributed by atoms with Gasteiger partial charge in [-0.05, 0) is 30.2 Å². The van der Waals surface area contributed by atoms with Gasteiger partial charge in [-0.1, -0.05) is 30.3 Å². The quantitative estimate of drug-likeness (QED) is 0.847. The van der Waals surface area contributed by atoms with Crippen molar-refractivity contribution in [2.24, 2.45) is 0 Å². The van der Waals surface area contributed by atoms with E-state index in [2.05, 4.69) is 10.3 Å². The Labute approximate surface area is 118 Å². The zero-order chi connectivity index (χ0) is 14.4. The standard InChI is InChI=1S/C16H18N2O2/c1-12(15-8-4-5-9-17-15)18-11-14-7-3-2-6-13(14)10-16(19)20/h2-9,12,18H,10-11H2,1H3,(H,19,20). The third-order valence-electron chi connectivity index (χ3n) is 3.19. The van der Waals surface area contributed by atoms with Gasteiger partial charge in [-0.2, -0.15) is 0 Å². The van der Waals surface area contributed by atoms with E-state index in [0.29, 0.717) is 6.54 Å². The van der Waals surface area contributed by atoms with Crippen LogP contribution in [0.4, 0.5) is 0 Å². The summed E-state index contributed by atoms with van der Waals surface area (Å²) in [6, 6.07) is 13.5. The predicted molar refractivity (Wildman–Crippen MR) is 77.3 cm³/mol. The first-order chi connectivity index (χ1) is 9.66. The molecule has 0 spiro atoms. The second-order valence-electron chi connectivity index (χ2n) is 4.70. The smallest absolute Gasteiger partial charge is 0.307 e. The first-order valence-electron chi connectivity index (χ1n) is 6.59. The molecule has 0 saturated carbocycles. The molecule has 0 amide bonds. The molecule has 2 N–H and O–H groups in total. The van der Waals surface area contributed by atoms with Crippen LogP contribution >= 0.6 is 0 Å². The molecule has 1 unspecified atom stereocenters. The first kappa shape index (κ1) is 14.2. The summed E-state index contributed by atoms with van der Waals surface area (Å²) in [5.74, 6) is -0.810. The van der Waals surface area contributed by atoms with Crippen molar-refractivity contribution < 1.29 is 9.90 Å². The Morgan fingerprint density at radius 1 is 1.20 bits per heavy atom. The van der Waals surface area contributed by atoms with Crippen LogP contribution in [-0.4, -0.2) is 16.1 Å². The molecule has 4 heteroatoms. The molecule has 0 saturated heterocycles. The van der Waals surface area contributed by atoms with E-state index in [4.69, 9.17) is 5.11 Å². The van der Waals surface area contributed by atoms with Crippen LogP contribution in [0.2, 0.25) is 0 Å². The summed E-state index contributed by atoms with van der Waals surface area (Å²) in [6.07, 6.45) is 1.82. The monoisotopic (exact) mass is 270 g/mol. The highest BCUT2D eigenvalue weighted by Gasteiger charge is 2.09. The lowest BCUT2D eigenvalue weighted by Crippen LogP contribution is -2.20. The molecule has 1 heterocycles. The summed E-state index contributed by atoms with van der Waals surface area (Å²) in [5, 5.41) is 12.3. The normalized spacial score (nSPS) is 12.1. The lowest BCUT2D eigenvalue weighted by molar-refractivity contribution is -0.136. The second kappa shape index (κ2) is 6.82. The summed E-state index contributed by atoms with van der Waals surface area (Å²) in [7, 11) is 0. The number of carboxylic acid groups (broad SMARTS) is 1. The zero-order valence-electron chi connectivity index (χ0n) is 11.4. The Balaban J connectivity index is 2.02. The van der Waals surface area contributed by atoms with Gasteiger partial charge in [0.1, 0.15) is 0 Å². The van der Waals surface area contributed by atoms with E-state index in [1.54, 1.807) is 6.20 Å². The second-order valence-corrected chi connectivity index (χ2v) is 4.70. The minimum Gasteiger partial charge on any atom is -0.481 e. The fourth-order valence-corrected chi connectivity index (χ4v) is 2.07. The maximum Gasteiger partial charge on any atom is 0.307 e. The maximum atomic E-state index is 10.9. The molecule has 0 aliphatic rings. The first-order valence-corrected chi connectivity index (χ1v) is 6.59. The van der Waals surface area contributed by atoms with Crippen LogP contribution in [0.15, 0.2) is 48.7 Å². The Kier molecular flexibility index (Phi) is 4.85. The Morgan fingerprint density at radius 3 is 2.55 bits per heavy atom. The lowest BCUT2D eigenvalue weighted by Gasteiger charge is -2.15. The Bertz CT molecular complexity index is 570. The van der Waals surface area contributed by atoms with Gasteiger partial charge in [-0.3, -0.25) is 9.78 Å². The molecule has 0 aliphatic heterocycles. The molecule has 2 rings (SSSR count). The fraction of sp³-hybridized carbons (Fsp3) is 0.250. The Morgan fingerprint density at radius 2 is 1.90 bits per heavy atom. The van der Waals surface area contributed by atoms with Gasteiger partial charge in [0.2, 0.25) is 0 Å². The highest BCUT2D eigenvalue weighted by Crippen LogP contribution is 2.13. The number of rotatable bonds is 6. The topological polar surface area (TPSA) is 62.2 Å². The predicted octanol–water partition coefficient (Wildman–Crippen LogP) is 2.56. The lowest BCUT2D eigenvalue weighted by atomic mass is 10.0. The summed E-state index contributed by atoms with van der Waals surface area (Å²) in [6.45, 7) is 2.67. The molecule has 1 atom stereocenters. The number of nitrogens with zero attached hydrogens (tertiary/aromatic N) is 1. The van der Waals surface area contributed by atoms with E-state index in [9.17, 15) is 4.79 Å². The van der Waals surface area contributed by atoms with Crippen LogP contribution in [0, 0.1) is 0 Å². The summed E-state index contributed by atoms with van der Waals surface area (Å²) in [4.78, 5) is 15.2. The van der Waals surface area contributed by atoms with Gasteiger partial charge >= 0.3 is 5.97 Å². The number of aromatic nitrogens is 1. The molecule has 0 aliphatic carbocycles. The molecule has 2 aromatic rings. The van der Waals surface area contributed by atoms with Crippen molar-refractivity contribution in [1.82, 2.24) is 10.3 Å². The minimum absolute atomic E-state index is 0.0514. The number of pyridine rings is 1. The molecular weight excluding hydrogens is 252 g/mol. The summed E-state index contributed by atoms with van der Waals surface area (Å²) >= 11 is 0. The van der Waals surface area contributed by atoms with Crippen molar-refractivity contribution in [3.05, 3.63) is 65.5 Å². The van der Waals surface area contributed by atoms with E-state index in [-0.39, 0.29) is 12.5 Å². The number of aliphatic carboxylic acids is 1. The van der Waals surface area contributed by atoms with Crippen LogP contribution in [0.1, 0.15) is 29.8 Å². The molecule has 0 bridgehead atoms. The number of carboxylic acids is 1. The van der Waals surface area contributed by atoms with Gasteiger partial charge in [0.25, 0.3) is 0 Å². The molecule has 4 nitrogen and oxygen atoms in total. The summed E-state index contributed by atoms with van der Waals surface area (Å²) in [5.41, 5.74) is 2.83. The molecule has 20 heavy (non-hydrogen) atoms. The van der Waals surface area contributed by atoms with Crippen LogP contribution in [-0.2, 0) is 17.8 Å². The summed E-state index contributed by atoms with van der Waals surface area (Å²) < 4.78 is 0. The molecule has 1 aromatic heterocycles. The third-order valence-corrected chi connectivity index (χ3v) is 3.19. The zero-order valence-corrected chi connectivity index (χ0v) is 11.4. The third kappa shape index (κ3) is 3.90. The van der Waals surface area contributed by atoms with Crippen molar-refractivity contribution in [3.63, 3.8) is 0 Å². The van der Waals surface area contributed by atoms with E-state index in [0.717, 1.165) is 16.8 Å². The van der Waals surface area contributed by atoms with Gasteiger partial charge in [-0.25, -0.2) is 0 Å². The van der Waals surface area contributed by atoms with Crippen molar-refractivity contribution in [2.75, 3.05) is 0 Å². The fourth-order valence-electron chi connectivity index (χ4n) is 2.07. The molecule has 0 radical (unpaired) electrons. The maximum absolute atomic E-state index is 10.9. The molecule has 104 valence electrons. The van der Waals surface area contributed by atoms with Crippen LogP contribution in [0.3, 0.4) is 0 Å². The molecule has 0 fully saturated rings. The average Bonchev–Trinajstić information content (AvgIpc) is 2.46.